The zero-order chi connectivity index (χ0) is 17.4. The molecule has 25 heavy (non-hydrogen) atoms. The maximum atomic E-state index is 5.46. The quantitative estimate of drug-likeness (QED) is 0.555. The Balaban J connectivity index is 1.91. The normalized spacial score (nSPS) is 11.0. The molecular weight excluding hydrogens is 332 g/mol. The lowest BCUT2D eigenvalue weighted by molar-refractivity contribution is 0.414. The van der Waals surface area contributed by atoms with E-state index in [0.29, 0.717) is 10.6 Å². The van der Waals surface area contributed by atoms with Crippen molar-refractivity contribution in [3.05, 3.63) is 64.9 Å². The molecule has 0 aliphatic rings. The fourth-order valence-corrected chi connectivity index (χ4v) is 3.12. The molecule has 0 saturated carbocycles. The van der Waals surface area contributed by atoms with Gasteiger partial charge in [-0.2, -0.15) is 5.10 Å². The summed E-state index contributed by atoms with van der Waals surface area (Å²) in [6, 6.07) is 17.9. The van der Waals surface area contributed by atoms with Gasteiger partial charge in [0.2, 0.25) is 0 Å². The Kier molecular flexibility index (Phi) is 3.82. The summed E-state index contributed by atoms with van der Waals surface area (Å²) in [5, 5.41) is 8.38. The standard InChI is InChI=1S/C19H16N4OS/c1-12-11-14(24-2)8-10-17(12)23-18(21-22-19(23)25)16-9-7-13-5-3-4-6-15(13)20-16/h3-11H,1-2H3,(H,22,25). The van der Waals surface area contributed by atoms with Crippen LogP contribution in [0.4, 0.5) is 0 Å². The highest BCUT2D eigenvalue weighted by Crippen LogP contribution is 2.26. The van der Waals surface area contributed by atoms with Crippen LogP contribution in [0.5, 0.6) is 5.75 Å². The van der Waals surface area contributed by atoms with Crippen LogP contribution in [0.3, 0.4) is 0 Å². The maximum absolute atomic E-state index is 5.46. The predicted octanol–water partition coefficient (Wildman–Crippen LogP) is 4.46. The van der Waals surface area contributed by atoms with Crippen LogP contribution in [0.1, 0.15) is 5.56 Å². The van der Waals surface area contributed by atoms with Gasteiger partial charge < -0.3 is 4.74 Å². The van der Waals surface area contributed by atoms with E-state index >= 15 is 0 Å². The zero-order valence-electron chi connectivity index (χ0n) is 13.9. The second-order valence-corrected chi connectivity index (χ2v) is 6.12. The number of hydrogen-bond acceptors (Lipinski definition) is 4. The lowest BCUT2D eigenvalue weighted by Gasteiger charge is -2.11. The molecule has 0 amide bonds. The molecular formula is C19H16N4OS. The monoisotopic (exact) mass is 348 g/mol. The first-order chi connectivity index (χ1) is 12.2. The minimum atomic E-state index is 0.526. The van der Waals surface area contributed by atoms with Crippen molar-refractivity contribution in [3.63, 3.8) is 0 Å². The second kappa shape index (κ2) is 6.14. The van der Waals surface area contributed by atoms with Crippen LogP contribution in [0.2, 0.25) is 0 Å². The number of rotatable bonds is 3. The largest absolute Gasteiger partial charge is 0.497 e. The van der Waals surface area contributed by atoms with Gasteiger partial charge in [0, 0.05) is 5.39 Å². The van der Waals surface area contributed by atoms with E-state index in [9.17, 15) is 0 Å². The van der Waals surface area contributed by atoms with Crippen LogP contribution in [-0.4, -0.2) is 26.9 Å². The minimum absolute atomic E-state index is 0.526. The number of hydrogen-bond donors (Lipinski definition) is 1. The van der Waals surface area contributed by atoms with Crippen molar-refractivity contribution in [2.45, 2.75) is 6.92 Å². The van der Waals surface area contributed by atoms with E-state index in [1.54, 1.807) is 7.11 Å². The predicted molar refractivity (Wildman–Crippen MR) is 101 cm³/mol. The van der Waals surface area contributed by atoms with Crippen molar-refractivity contribution in [1.29, 1.82) is 0 Å². The highest BCUT2D eigenvalue weighted by molar-refractivity contribution is 7.71. The Morgan fingerprint density at radius 1 is 1.08 bits per heavy atom. The lowest BCUT2D eigenvalue weighted by Crippen LogP contribution is -2.01. The number of nitrogens with one attached hydrogen (secondary N) is 1. The molecule has 0 unspecified atom stereocenters. The van der Waals surface area contributed by atoms with Crippen LogP contribution in [0, 0.1) is 11.7 Å². The average molecular weight is 348 g/mol. The molecule has 0 saturated heterocycles. The van der Waals surface area contributed by atoms with Gasteiger partial charge in [-0.05, 0) is 55.0 Å². The molecule has 4 rings (SSSR count). The van der Waals surface area contributed by atoms with Gasteiger partial charge in [0.25, 0.3) is 0 Å². The van der Waals surface area contributed by atoms with Gasteiger partial charge in [-0.15, -0.1) is 0 Å². The van der Waals surface area contributed by atoms with E-state index in [2.05, 4.69) is 10.2 Å². The highest BCUT2D eigenvalue weighted by atomic mass is 32.1. The Morgan fingerprint density at radius 2 is 1.92 bits per heavy atom. The van der Waals surface area contributed by atoms with Gasteiger partial charge in [-0.1, -0.05) is 24.3 Å². The lowest BCUT2D eigenvalue weighted by atomic mass is 10.1. The number of aromatic amines is 1. The van der Waals surface area contributed by atoms with Gasteiger partial charge in [0.15, 0.2) is 10.6 Å². The van der Waals surface area contributed by atoms with Crippen LogP contribution < -0.4 is 4.74 Å². The van der Waals surface area contributed by atoms with Crippen molar-refractivity contribution in [2.75, 3.05) is 7.11 Å². The van der Waals surface area contributed by atoms with Gasteiger partial charge in [0.1, 0.15) is 11.4 Å². The summed E-state index contributed by atoms with van der Waals surface area (Å²) in [5.74, 6) is 1.49. The van der Waals surface area contributed by atoms with Gasteiger partial charge >= 0.3 is 0 Å². The average Bonchev–Trinajstić information content (AvgIpc) is 3.02. The zero-order valence-corrected chi connectivity index (χ0v) is 14.7. The number of nitrogens with zero attached hydrogens (tertiary/aromatic N) is 3. The number of benzene rings is 2. The summed E-state index contributed by atoms with van der Waals surface area (Å²) in [6.07, 6.45) is 0. The number of fused-ring (bicyclic) bond motifs is 1. The first-order valence-electron chi connectivity index (χ1n) is 7.86. The molecule has 1 N–H and O–H groups in total. The summed E-state index contributed by atoms with van der Waals surface area (Å²) in [5.41, 5.74) is 3.68. The van der Waals surface area contributed by atoms with E-state index in [-0.39, 0.29) is 0 Å². The van der Waals surface area contributed by atoms with Gasteiger partial charge in [0.05, 0.1) is 18.3 Å². The minimum Gasteiger partial charge on any atom is -0.497 e. The third-order valence-corrected chi connectivity index (χ3v) is 4.42. The second-order valence-electron chi connectivity index (χ2n) is 5.73. The number of aromatic nitrogens is 4. The number of H-pyrrole nitrogens is 1. The number of para-hydroxylation sites is 1. The molecule has 6 heteroatoms. The van der Waals surface area contributed by atoms with Crippen molar-refractivity contribution < 1.29 is 4.74 Å². The number of aryl methyl sites for hydroxylation is 1. The smallest absolute Gasteiger partial charge is 0.200 e. The molecule has 2 heterocycles. The van der Waals surface area contributed by atoms with Crippen LogP contribution in [0.25, 0.3) is 28.1 Å². The molecule has 4 aromatic rings. The molecule has 0 bridgehead atoms. The molecule has 124 valence electrons. The maximum Gasteiger partial charge on any atom is 0.200 e. The summed E-state index contributed by atoms with van der Waals surface area (Å²) in [7, 11) is 1.66. The van der Waals surface area contributed by atoms with Crippen molar-refractivity contribution in [3.8, 4) is 23.0 Å². The Morgan fingerprint density at radius 3 is 2.72 bits per heavy atom. The fourth-order valence-electron chi connectivity index (χ4n) is 2.89. The van der Waals surface area contributed by atoms with E-state index in [1.807, 2.05) is 66.1 Å². The summed E-state index contributed by atoms with van der Waals surface area (Å²) < 4.78 is 7.72. The Hall–Kier alpha value is -2.99. The molecule has 0 atom stereocenters. The van der Waals surface area contributed by atoms with Crippen LogP contribution in [0.15, 0.2) is 54.6 Å². The fraction of sp³-hybridized carbons (Fsp3) is 0.105. The van der Waals surface area contributed by atoms with E-state index in [4.69, 9.17) is 21.9 Å². The molecule has 5 nitrogen and oxygen atoms in total. The first-order valence-corrected chi connectivity index (χ1v) is 8.27. The number of methoxy groups -OCH3 is 1. The third-order valence-electron chi connectivity index (χ3n) is 4.14. The molecule has 0 radical (unpaired) electrons. The van der Waals surface area contributed by atoms with E-state index < -0.39 is 0 Å². The first kappa shape index (κ1) is 15.5. The van der Waals surface area contributed by atoms with Gasteiger partial charge in [-0.3, -0.25) is 9.67 Å². The third kappa shape index (κ3) is 2.70. The highest BCUT2D eigenvalue weighted by Gasteiger charge is 2.14. The SMILES string of the molecule is COc1ccc(-n2c(-c3ccc4ccccc4n3)n[nH]c2=S)c(C)c1. The summed E-state index contributed by atoms with van der Waals surface area (Å²) in [4.78, 5) is 4.73. The molecule has 2 aromatic heterocycles. The Labute approximate surface area is 149 Å². The van der Waals surface area contributed by atoms with Crippen LogP contribution in [-0.2, 0) is 0 Å². The van der Waals surface area contributed by atoms with E-state index in [1.165, 1.54) is 0 Å². The summed E-state index contributed by atoms with van der Waals surface area (Å²) >= 11 is 5.46. The summed E-state index contributed by atoms with van der Waals surface area (Å²) in [6.45, 7) is 2.02. The number of ether oxygens (including phenoxy) is 1. The van der Waals surface area contributed by atoms with Crippen molar-refractivity contribution in [1.82, 2.24) is 19.7 Å². The molecule has 0 aliphatic carbocycles. The topological polar surface area (TPSA) is 55.7 Å². The molecule has 0 spiro atoms. The van der Waals surface area contributed by atoms with Crippen molar-refractivity contribution in [2.24, 2.45) is 0 Å². The molecule has 2 aromatic carbocycles. The van der Waals surface area contributed by atoms with Crippen LogP contribution >= 0.6 is 12.2 Å². The van der Waals surface area contributed by atoms with Gasteiger partial charge in [-0.25, -0.2) is 4.98 Å². The van der Waals surface area contributed by atoms with E-state index in [0.717, 1.165) is 33.6 Å². The number of pyridine rings is 1. The Bertz CT molecular complexity index is 1130. The van der Waals surface area contributed by atoms with Crippen molar-refractivity contribution >= 4 is 23.1 Å². The molecule has 0 aliphatic heterocycles. The molecule has 0 fully saturated rings.